The van der Waals surface area contributed by atoms with Crippen LogP contribution in [0.25, 0.3) is 0 Å². The van der Waals surface area contributed by atoms with Gasteiger partial charge in [-0.15, -0.1) is 0 Å². The lowest BCUT2D eigenvalue weighted by molar-refractivity contribution is 0.285. The van der Waals surface area contributed by atoms with Gasteiger partial charge in [-0.05, 0) is 12.8 Å². The second-order valence-corrected chi connectivity index (χ2v) is 2.81. The molecule has 1 rings (SSSR count). The van der Waals surface area contributed by atoms with Crippen LogP contribution in [0.15, 0.2) is 11.5 Å². The molecule has 2 nitrogen and oxygen atoms in total. The van der Waals surface area contributed by atoms with E-state index in [1.54, 1.807) is 0 Å². The summed E-state index contributed by atoms with van der Waals surface area (Å²) in [7, 11) is 0. The molecule has 58 valence electrons. The summed E-state index contributed by atoms with van der Waals surface area (Å²) in [5.41, 5.74) is 0. The fourth-order valence-electron chi connectivity index (χ4n) is 1.23. The standard InChI is InChI=1S/C8H14O2/c9-7-5-3-1-2-4-6-8(7)10/h9-10H,1-6H2. The lowest BCUT2D eigenvalue weighted by Crippen LogP contribution is -1.95. The molecule has 0 unspecified atom stereocenters. The quantitative estimate of drug-likeness (QED) is 0.546. The number of aliphatic hydroxyl groups is 2. The lowest BCUT2D eigenvalue weighted by Gasteiger charge is -2.08. The number of rotatable bonds is 0. The zero-order valence-corrected chi connectivity index (χ0v) is 6.14. The van der Waals surface area contributed by atoms with Gasteiger partial charge in [0.1, 0.15) is 11.5 Å². The molecule has 0 aromatic rings. The molecule has 2 heteroatoms. The second-order valence-electron chi connectivity index (χ2n) is 2.81. The van der Waals surface area contributed by atoms with Crippen molar-refractivity contribution >= 4 is 0 Å². The van der Waals surface area contributed by atoms with Crippen LogP contribution in [0.4, 0.5) is 0 Å². The average molecular weight is 142 g/mol. The Labute approximate surface area is 61.2 Å². The first kappa shape index (κ1) is 7.45. The first-order chi connectivity index (χ1) is 4.80. The first-order valence-corrected chi connectivity index (χ1v) is 3.90. The van der Waals surface area contributed by atoms with Gasteiger partial charge in [0.2, 0.25) is 0 Å². The molecule has 0 amide bonds. The van der Waals surface area contributed by atoms with E-state index in [0.29, 0.717) is 12.8 Å². The van der Waals surface area contributed by atoms with Crippen molar-refractivity contribution in [2.45, 2.75) is 38.5 Å². The SMILES string of the molecule is OC1=C(O)CCCCCC1. The Morgan fingerprint density at radius 1 is 0.700 bits per heavy atom. The summed E-state index contributed by atoms with van der Waals surface area (Å²) >= 11 is 0. The van der Waals surface area contributed by atoms with Gasteiger partial charge >= 0.3 is 0 Å². The summed E-state index contributed by atoms with van der Waals surface area (Å²) < 4.78 is 0. The van der Waals surface area contributed by atoms with Gasteiger partial charge in [0, 0.05) is 12.8 Å². The van der Waals surface area contributed by atoms with Gasteiger partial charge in [-0.3, -0.25) is 0 Å². The zero-order valence-electron chi connectivity index (χ0n) is 6.14. The Bertz CT molecular complexity index is 122. The normalized spacial score (nSPS) is 22.0. The van der Waals surface area contributed by atoms with Gasteiger partial charge in [-0.2, -0.15) is 0 Å². The molecule has 0 fully saturated rings. The third-order valence-electron chi connectivity index (χ3n) is 1.91. The maximum Gasteiger partial charge on any atom is 0.129 e. The van der Waals surface area contributed by atoms with Crippen LogP contribution in [0.5, 0.6) is 0 Å². The van der Waals surface area contributed by atoms with Gasteiger partial charge in [0.05, 0.1) is 0 Å². The van der Waals surface area contributed by atoms with Crippen molar-refractivity contribution < 1.29 is 10.2 Å². The van der Waals surface area contributed by atoms with Gasteiger partial charge in [-0.1, -0.05) is 12.8 Å². The Morgan fingerprint density at radius 2 is 1.10 bits per heavy atom. The molecule has 0 heterocycles. The minimum absolute atomic E-state index is 0.208. The van der Waals surface area contributed by atoms with Gasteiger partial charge in [-0.25, -0.2) is 0 Å². The Balaban J connectivity index is 2.51. The maximum absolute atomic E-state index is 9.11. The molecular weight excluding hydrogens is 128 g/mol. The minimum atomic E-state index is 0.208. The summed E-state index contributed by atoms with van der Waals surface area (Å²) in [4.78, 5) is 0. The van der Waals surface area contributed by atoms with Crippen LogP contribution >= 0.6 is 0 Å². The predicted octanol–water partition coefficient (Wildman–Crippen LogP) is 2.67. The van der Waals surface area contributed by atoms with Gasteiger partial charge in [0.15, 0.2) is 0 Å². The summed E-state index contributed by atoms with van der Waals surface area (Å²) in [6.45, 7) is 0. The molecule has 0 radical (unpaired) electrons. The van der Waals surface area contributed by atoms with Crippen molar-refractivity contribution in [3.63, 3.8) is 0 Å². The third-order valence-corrected chi connectivity index (χ3v) is 1.91. The molecule has 0 bridgehead atoms. The third kappa shape index (κ3) is 1.94. The molecule has 1 aliphatic carbocycles. The van der Waals surface area contributed by atoms with E-state index in [9.17, 15) is 0 Å². The largest absolute Gasteiger partial charge is 0.509 e. The molecule has 10 heavy (non-hydrogen) atoms. The molecule has 0 saturated carbocycles. The van der Waals surface area contributed by atoms with E-state index in [4.69, 9.17) is 10.2 Å². The molecule has 0 saturated heterocycles. The van der Waals surface area contributed by atoms with Crippen LogP contribution in [0, 0.1) is 0 Å². The summed E-state index contributed by atoms with van der Waals surface area (Å²) in [5.74, 6) is 0.416. The number of hydrogen-bond acceptors (Lipinski definition) is 2. The summed E-state index contributed by atoms with van der Waals surface area (Å²) in [5, 5.41) is 18.2. The van der Waals surface area contributed by atoms with E-state index in [1.807, 2.05) is 0 Å². The predicted molar refractivity (Wildman–Crippen MR) is 40.0 cm³/mol. The molecule has 0 aliphatic heterocycles. The van der Waals surface area contributed by atoms with E-state index in [-0.39, 0.29) is 11.5 Å². The van der Waals surface area contributed by atoms with Gasteiger partial charge in [0.25, 0.3) is 0 Å². The lowest BCUT2D eigenvalue weighted by atomic mass is 10.0. The molecule has 1 aliphatic rings. The molecule has 0 spiro atoms. The van der Waals surface area contributed by atoms with Crippen LogP contribution in [0.2, 0.25) is 0 Å². The van der Waals surface area contributed by atoms with E-state index in [1.165, 1.54) is 12.8 Å². The van der Waals surface area contributed by atoms with E-state index in [2.05, 4.69) is 0 Å². The van der Waals surface area contributed by atoms with Crippen molar-refractivity contribution in [1.82, 2.24) is 0 Å². The molecule has 0 atom stereocenters. The Morgan fingerprint density at radius 3 is 1.50 bits per heavy atom. The average Bonchev–Trinajstić information content (AvgIpc) is 1.92. The van der Waals surface area contributed by atoms with E-state index >= 15 is 0 Å². The van der Waals surface area contributed by atoms with Crippen molar-refractivity contribution in [3.8, 4) is 0 Å². The highest BCUT2D eigenvalue weighted by Crippen LogP contribution is 2.18. The minimum Gasteiger partial charge on any atom is -0.509 e. The molecule has 0 aromatic carbocycles. The highest BCUT2D eigenvalue weighted by Gasteiger charge is 2.06. The van der Waals surface area contributed by atoms with Crippen LogP contribution in [-0.4, -0.2) is 10.2 Å². The van der Waals surface area contributed by atoms with Crippen molar-refractivity contribution in [3.05, 3.63) is 11.5 Å². The van der Waals surface area contributed by atoms with Crippen molar-refractivity contribution in [2.75, 3.05) is 0 Å². The van der Waals surface area contributed by atoms with Crippen LogP contribution in [0.3, 0.4) is 0 Å². The number of allylic oxidation sites excluding steroid dienone is 2. The topological polar surface area (TPSA) is 40.5 Å². The second kappa shape index (κ2) is 3.49. The highest BCUT2D eigenvalue weighted by molar-refractivity contribution is 4.98. The molecule has 0 aromatic heterocycles. The zero-order chi connectivity index (χ0) is 7.40. The summed E-state index contributed by atoms with van der Waals surface area (Å²) in [6.07, 6.45) is 5.69. The molecule has 2 N–H and O–H groups in total. The monoisotopic (exact) mass is 142 g/mol. The summed E-state index contributed by atoms with van der Waals surface area (Å²) in [6, 6.07) is 0. The first-order valence-electron chi connectivity index (χ1n) is 3.90. The van der Waals surface area contributed by atoms with Crippen LogP contribution in [0.1, 0.15) is 38.5 Å². The van der Waals surface area contributed by atoms with Gasteiger partial charge < -0.3 is 10.2 Å². The molecular formula is C8H14O2. The highest BCUT2D eigenvalue weighted by atomic mass is 16.3. The number of hydrogen-bond donors (Lipinski definition) is 2. The van der Waals surface area contributed by atoms with E-state index in [0.717, 1.165) is 12.8 Å². The Hall–Kier alpha value is -0.660. The smallest absolute Gasteiger partial charge is 0.129 e. The maximum atomic E-state index is 9.11. The fourth-order valence-corrected chi connectivity index (χ4v) is 1.23. The Kier molecular flexibility index (Phi) is 2.60. The van der Waals surface area contributed by atoms with Crippen molar-refractivity contribution in [1.29, 1.82) is 0 Å². The fraction of sp³-hybridized carbons (Fsp3) is 0.750. The van der Waals surface area contributed by atoms with Crippen LogP contribution in [-0.2, 0) is 0 Å². The van der Waals surface area contributed by atoms with Crippen molar-refractivity contribution in [2.24, 2.45) is 0 Å². The van der Waals surface area contributed by atoms with Crippen LogP contribution < -0.4 is 0 Å². The number of aliphatic hydroxyl groups excluding tert-OH is 2. The van der Waals surface area contributed by atoms with E-state index < -0.39 is 0 Å².